The van der Waals surface area contributed by atoms with Crippen molar-refractivity contribution in [1.82, 2.24) is 10.4 Å². The summed E-state index contributed by atoms with van der Waals surface area (Å²) in [6.07, 6.45) is 0. The normalized spacial score (nSPS) is 10.3. The van der Waals surface area contributed by atoms with Gasteiger partial charge in [0.25, 0.3) is 0 Å². The van der Waals surface area contributed by atoms with Gasteiger partial charge in [-0.05, 0) is 29.8 Å². The maximum absolute atomic E-state index is 11.0. The predicted molar refractivity (Wildman–Crippen MR) is 93.5 cm³/mol. The average Bonchev–Trinajstić information content (AvgIpc) is 2.63. The molecular formula is C19H17N3O2. The first kappa shape index (κ1) is 15.7. The van der Waals surface area contributed by atoms with E-state index in [0.29, 0.717) is 12.2 Å². The number of hydrazine groups is 1. The molecule has 120 valence electrons. The van der Waals surface area contributed by atoms with Crippen LogP contribution >= 0.6 is 0 Å². The smallest absolute Gasteiger partial charge is 0.354 e. The lowest BCUT2D eigenvalue weighted by atomic mass is 10.1. The molecule has 1 aromatic heterocycles. The van der Waals surface area contributed by atoms with Gasteiger partial charge >= 0.3 is 5.97 Å². The third kappa shape index (κ3) is 3.97. The van der Waals surface area contributed by atoms with E-state index in [-0.39, 0.29) is 5.69 Å². The van der Waals surface area contributed by atoms with Crippen molar-refractivity contribution in [2.75, 3.05) is 5.43 Å². The summed E-state index contributed by atoms with van der Waals surface area (Å²) in [6.45, 7) is 0.664. The molecule has 0 aliphatic heterocycles. The molecule has 3 N–H and O–H groups in total. The zero-order valence-electron chi connectivity index (χ0n) is 12.9. The van der Waals surface area contributed by atoms with E-state index in [2.05, 4.69) is 15.8 Å². The molecule has 0 saturated carbocycles. The summed E-state index contributed by atoms with van der Waals surface area (Å²) in [5.41, 5.74) is 9.98. The predicted octanol–water partition coefficient (Wildman–Crippen LogP) is 3.56. The van der Waals surface area contributed by atoms with Gasteiger partial charge in [-0.1, -0.05) is 48.5 Å². The van der Waals surface area contributed by atoms with E-state index >= 15 is 0 Å². The second-order valence-electron chi connectivity index (χ2n) is 5.25. The minimum Gasteiger partial charge on any atom is -0.477 e. The number of carboxylic acid groups (broad SMARTS) is 1. The molecule has 0 atom stereocenters. The third-order valence-electron chi connectivity index (χ3n) is 3.52. The van der Waals surface area contributed by atoms with Gasteiger partial charge < -0.3 is 10.5 Å². The molecule has 3 rings (SSSR count). The van der Waals surface area contributed by atoms with Gasteiger partial charge in [-0.3, -0.25) is 0 Å². The van der Waals surface area contributed by atoms with E-state index in [1.165, 1.54) is 6.07 Å². The first-order valence-electron chi connectivity index (χ1n) is 7.56. The van der Waals surface area contributed by atoms with Crippen LogP contribution in [0.2, 0.25) is 0 Å². The summed E-state index contributed by atoms with van der Waals surface area (Å²) >= 11 is 0. The molecule has 0 saturated heterocycles. The highest BCUT2D eigenvalue weighted by molar-refractivity contribution is 5.86. The van der Waals surface area contributed by atoms with E-state index in [0.717, 1.165) is 16.8 Å². The lowest BCUT2D eigenvalue weighted by Gasteiger charge is -2.09. The fourth-order valence-corrected chi connectivity index (χ4v) is 2.28. The highest BCUT2D eigenvalue weighted by Crippen LogP contribution is 2.18. The van der Waals surface area contributed by atoms with Crippen molar-refractivity contribution in [3.63, 3.8) is 0 Å². The van der Waals surface area contributed by atoms with Crippen molar-refractivity contribution < 1.29 is 9.90 Å². The van der Waals surface area contributed by atoms with Crippen molar-refractivity contribution in [1.29, 1.82) is 0 Å². The Labute approximate surface area is 140 Å². The van der Waals surface area contributed by atoms with Crippen LogP contribution in [0.25, 0.3) is 11.3 Å². The van der Waals surface area contributed by atoms with Gasteiger partial charge in [0.2, 0.25) is 0 Å². The minimum absolute atomic E-state index is 0.0466. The Hall–Kier alpha value is -3.18. The Morgan fingerprint density at radius 2 is 1.67 bits per heavy atom. The highest BCUT2D eigenvalue weighted by Gasteiger charge is 2.06. The number of nitrogens with zero attached hydrogens (tertiary/aromatic N) is 1. The molecule has 0 radical (unpaired) electrons. The van der Waals surface area contributed by atoms with Gasteiger partial charge in [-0.2, -0.15) is 0 Å². The lowest BCUT2D eigenvalue weighted by Crippen LogP contribution is -2.20. The van der Waals surface area contributed by atoms with Gasteiger partial charge in [0.15, 0.2) is 0 Å². The van der Waals surface area contributed by atoms with Crippen LogP contribution in [-0.4, -0.2) is 16.1 Å². The van der Waals surface area contributed by atoms with E-state index in [9.17, 15) is 4.79 Å². The monoisotopic (exact) mass is 319 g/mol. The number of nitrogens with one attached hydrogen (secondary N) is 2. The molecule has 0 bridgehead atoms. The summed E-state index contributed by atoms with van der Waals surface area (Å²) in [4.78, 5) is 15.1. The molecule has 0 spiro atoms. The number of aromatic carboxylic acids is 1. The number of hydrogen-bond donors (Lipinski definition) is 3. The fraction of sp³-hybridized carbons (Fsp3) is 0.0526. The summed E-state index contributed by atoms with van der Waals surface area (Å²) in [7, 11) is 0. The van der Waals surface area contributed by atoms with Gasteiger partial charge in [0.1, 0.15) is 5.69 Å². The number of aromatic nitrogens is 1. The van der Waals surface area contributed by atoms with Gasteiger partial charge in [-0.15, -0.1) is 0 Å². The van der Waals surface area contributed by atoms with Crippen LogP contribution in [-0.2, 0) is 6.54 Å². The van der Waals surface area contributed by atoms with Crippen LogP contribution in [0, 0.1) is 0 Å². The van der Waals surface area contributed by atoms with Gasteiger partial charge in [0, 0.05) is 17.8 Å². The second-order valence-corrected chi connectivity index (χ2v) is 5.25. The van der Waals surface area contributed by atoms with E-state index in [4.69, 9.17) is 5.11 Å². The number of carbonyl (C=O) groups is 1. The van der Waals surface area contributed by atoms with Crippen LogP contribution in [0.4, 0.5) is 5.69 Å². The Balaban J connectivity index is 1.63. The largest absolute Gasteiger partial charge is 0.477 e. The molecule has 1 heterocycles. The first-order chi connectivity index (χ1) is 11.7. The van der Waals surface area contributed by atoms with Crippen LogP contribution in [0.5, 0.6) is 0 Å². The van der Waals surface area contributed by atoms with Crippen LogP contribution in [0.3, 0.4) is 0 Å². The second kappa shape index (κ2) is 7.39. The SMILES string of the molecule is O=C(O)c1cccc(-c2ccc(CNNc3ccccc3)cc2)n1. The Kier molecular flexibility index (Phi) is 4.84. The molecule has 0 aliphatic rings. The molecule has 24 heavy (non-hydrogen) atoms. The topological polar surface area (TPSA) is 74.2 Å². The Morgan fingerprint density at radius 3 is 2.38 bits per heavy atom. The van der Waals surface area contributed by atoms with Crippen LogP contribution in [0.15, 0.2) is 72.8 Å². The van der Waals surface area contributed by atoms with Crippen LogP contribution < -0.4 is 10.9 Å². The molecule has 0 unspecified atom stereocenters. The van der Waals surface area contributed by atoms with E-state index in [1.807, 2.05) is 54.6 Å². The van der Waals surface area contributed by atoms with E-state index in [1.54, 1.807) is 12.1 Å². The van der Waals surface area contributed by atoms with Crippen molar-refractivity contribution in [2.24, 2.45) is 0 Å². The lowest BCUT2D eigenvalue weighted by molar-refractivity contribution is 0.0690. The molecule has 2 aromatic carbocycles. The zero-order chi connectivity index (χ0) is 16.8. The molecular weight excluding hydrogens is 302 g/mol. The number of pyridine rings is 1. The van der Waals surface area contributed by atoms with Gasteiger partial charge in [-0.25, -0.2) is 15.2 Å². The number of anilines is 1. The summed E-state index contributed by atoms with van der Waals surface area (Å²) in [6, 6.07) is 22.7. The quantitative estimate of drug-likeness (QED) is 0.606. The number of para-hydroxylation sites is 1. The molecule has 5 heteroatoms. The van der Waals surface area contributed by atoms with Crippen LogP contribution in [0.1, 0.15) is 16.1 Å². The number of rotatable bonds is 6. The highest BCUT2D eigenvalue weighted by atomic mass is 16.4. The number of hydrogen-bond acceptors (Lipinski definition) is 4. The maximum atomic E-state index is 11.0. The maximum Gasteiger partial charge on any atom is 0.354 e. The summed E-state index contributed by atoms with van der Waals surface area (Å²) in [5, 5.41) is 9.01. The van der Waals surface area contributed by atoms with E-state index < -0.39 is 5.97 Å². The first-order valence-corrected chi connectivity index (χ1v) is 7.56. The summed E-state index contributed by atoms with van der Waals surface area (Å²) in [5.74, 6) is -1.02. The van der Waals surface area contributed by atoms with Crippen molar-refractivity contribution in [2.45, 2.75) is 6.54 Å². The Morgan fingerprint density at radius 1 is 0.917 bits per heavy atom. The number of benzene rings is 2. The molecule has 0 amide bonds. The minimum atomic E-state index is -1.02. The number of carboxylic acids is 1. The van der Waals surface area contributed by atoms with Gasteiger partial charge in [0.05, 0.1) is 5.69 Å². The molecule has 3 aromatic rings. The zero-order valence-corrected chi connectivity index (χ0v) is 12.9. The average molecular weight is 319 g/mol. The van der Waals surface area contributed by atoms with Crippen molar-refractivity contribution in [3.8, 4) is 11.3 Å². The van der Waals surface area contributed by atoms with Crippen molar-refractivity contribution >= 4 is 11.7 Å². The standard InChI is InChI=1S/C19H17N3O2/c23-19(24)18-8-4-7-17(21-18)15-11-9-14(10-12-15)13-20-22-16-5-2-1-3-6-16/h1-12,20,22H,13H2,(H,23,24). The Bertz CT molecular complexity index is 818. The fourth-order valence-electron chi connectivity index (χ4n) is 2.28. The van der Waals surface area contributed by atoms with Crippen molar-refractivity contribution in [3.05, 3.63) is 84.1 Å². The molecule has 5 nitrogen and oxygen atoms in total. The third-order valence-corrected chi connectivity index (χ3v) is 3.52. The summed E-state index contributed by atoms with van der Waals surface area (Å²) < 4.78 is 0. The molecule has 0 fully saturated rings. The molecule has 0 aliphatic carbocycles.